The summed E-state index contributed by atoms with van der Waals surface area (Å²) >= 11 is 1.51. The molecule has 90 valence electrons. The predicted molar refractivity (Wildman–Crippen MR) is 64.3 cm³/mol. The van der Waals surface area contributed by atoms with Gasteiger partial charge in [0.05, 0.1) is 0 Å². The molecule has 0 unspecified atom stereocenters. The molecule has 0 aliphatic heterocycles. The monoisotopic (exact) mass is 255 g/mol. The number of nitrogens with zero attached hydrogens (tertiary/aromatic N) is 2. The number of nitrogen functional groups attached to an aromatic ring is 1. The van der Waals surface area contributed by atoms with E-state index < -0.39 is 11.6 Å². The van der Waals surface area contributed by atoms with Crippen molar-refractivity contribution in [2.75, 3.05) is 11.5 Å². The second-order valence-electron chi connectivity index (χ2n) is 3.35. The summed E-state index contributed by atoms with van der Waals surface area (Å²) in [5, 5.41) is 4.87. The highest BCUT2D eigenvalue weighted by Gasteiger charge is 2.11. The van der Waals surface area contributed by atoms with Gasteiger partial charge < -0.3 is 5.73 Å². The largest absolute Gasteiger partial charge is 0.384 e. The first-order chi connectivity index (χ1) is 8.11. The highest BCUT2D eigenvalue weighted by atomic mass is 32.2. The number of benzene rings is 1. The molecule has 1 aromatic carbocycles. The summed E-state index contributed by atoms with van der Waals surface area (Å²) in [7, 11) is 0. The van der Waals surface area contributed by atoms with Crippen LogP contribution >= 0.6 is 11.8 Å². The van der Waals surface area contributed by atoms with E-state index in [4.69, 9.17) is 5.73 Å². The summed E-state index contributed by atoms with van der Waals surface area (Å²) in [4.78, 5) is 0. The highest BCUT2D eigenvalue weighted by molar-refractivity contribution is 7.99. The average Bonchev–Trinajstić information content (AvgIpc) is 2.60. The SMILES string of the molecule is CCSc1cc(N)n(-c2ccc(F)cc2F)n1. The Bertz CT molecular complexity index is 540. The van der Waals surface area contributed by atoms with Crippen LogP contribution in [0.25, 0.3) is 5.69 Å². The maximum Gasteiger partial charge on any atom is 0.151 e. The second kappa shape index (κ2) is 4.75. The maximum atomic E-state index is 13.5. The van der Waals surface area contributed by atoms with Crippen molar-refractivity contribution in [3.63, 3.8) is 0 Å². The Morgan fingerprint density at radius 1 is 1.35 bits per heavy atom. The number of anilines is 1. The quantitative estimate of drug-likeness (QED) is 0.858. The first-order valence-electron chi connectivity index (χ1n) is 5.05. The fourth-order valence-electron chi connectivity index (χ4n) is 1.44. The molecule has 0 saturated carbocycles. The highest BCUT2D eigenvalue weighted by Crippen LogP contribution is 2.23. The molecule has 2 rings (SSSR count). The number of hydrogen-bond acceptors (Lipinski definition) is 3. The van der Waals surface area contributed by atoms with E-state index in [1.54, 1.807) is 6.07 Å². The van der Waals surface area contributed by atoms with E-state index in [1.807, 2.05) is 6.92 Å². The normalized spacial score (nSPS) is 10.8. The Morgan fingerprint density at radius 2 is 2.12 bits per heavy atom. The molecule has 3 nitrogen and oxygen atoms in total. The van der Waals surface area contributed by atoms with Crippen LogP contribution in [-0.4, -0.2) is 15.5 Å². The van der Waals surface area contributed by atoms with Crippen LogP contribution in [0.1, 0.15) is 6.92 Å². The van der Waals surface area contributed by atoms with Gasteiger partial charge in [0.15, 0.2) is 5.82 Å². The minimum absolute atomic E-state index is 0.145. The molecular formula is C11H11F2N3S. The van der Waals surface area contributed by atoms with E-state index in [-0.39, 0.29) is 5.69 Å². The Morgan fingerprint density at radius 3 is 2.76 bits per heavy atom. The fraction of sp³-hybridized carbons (Fsp3) is 0.182. The van der Waals surface area contributed by atoms with Crippen LogP contribution in [0.3, 0.4) is 0 Å². The number of halogens is 2. The number of nitrogens with two attached hydrogens (primary N) is 1. The Kier molecular flexibility index (Phi) is 3.33. The van der Waals surface area contributed by atoms with Crippen LogP contribution in [0, 0.1) is 11.6 Å². The van der Waals surface area contributed by atoms with E-state index in [9.17, 15) is 8.78 Å². The van der Waals surface area contributed by atoms with Crippen molar-refractivity contribution in [1.82, 2.24) is 9.78 Å². The molecule has 6 heteroatoms. The summed E-state index contributed by atoms with van der Waals surface area (Å²) in [5.74, 6) is -0.137. The topological polar surface area (TPSA) is 43.8 Å². The smallest absolute Gasteiger partial charge is 0.151 e. The Balaban J connectivity index is 2.45. The minimum atomic E-state index is -0.687. The van der Waals surface area contributed by atoms with Crippen molar-refractivity contribution in [2.24, 2.45) is 0 Å². The van der Waals surface area contributed by atoms with Crippen molar-refractivity contribution in [2.45, 2.75) is 11.9 Å². The molecule has 2 aromatic rings. The molecule has 1 aromatic heterocycles. The van der Waals surface area contributed by atoms with Gasteiger partial charge in [-0.3, -0.25) is 0 Å². The molecule has 0 radical (unpaired) electrons. The summed E-state index contributed by atoms with van der Waals surface area (Å²) in [5.41, 5.74) is 5.88. The lowest BCUT2D eigenvalue weighted by Crippen LogP contribution is -2.04. The number of rotatable bonds is 3. The first-order valence-corrected chi connectivity index (χ1v) is 6.04. The van der Waals surface area contributed by atoms with Gasteiger partial charge in [-0.25, -0.2) is 13.5 Å². The number of hydrogen-bond donors (Lipinski definition) is 1. The molecule has 0 aliphatic rings. The van der Waals surface area contributed by atoms with Crippen molar-refractivity contribution < 1.29 is 8.78 Å². The third kappa shape index (κ3) is 2.41. The lowest BCUT2D eigenvalue weighted by atomic mass is 10.3. The van der Waals surface area contributed by atoms with Gasteiger partial charge in [-0.15, -0.1) is 11.8 Å². The zero-order valence-electron chi connectivity index (χ0n) is 9.15. The maximum absolute atomic E-state index is 13.5. The summed E-state index contributed by atoms with van der Waals surface area (Å²) in [6.45, 7) is 1.98. The molecule has 1 heterocycles. The second-order valence-corrected chi connectivity index (χ2v) is 4.63. The van der Waals surface area contributed by atoms with Crippen LogP contribution < -0.4 is 5.73 Å². The van der Waals surface area contributed by atoms with Crippen LogP contribution in [0.15, 0.2) is 29.3 Å². The van der Waals surface area contributed by atoms with Crippen molar-refractivity contribution in [1.29, 1.82) is 0 Å². The molecule has 0 saturated heterocycles. The van der Waals surface area contributed by atoms with E-state index in [0.29, 0.717) is 10.8 Å². The van der Waals surface area contributed by atoms with E-state index in [1.165, 1.54) is 28.6 Å². The lowest BCUT2D eigenvalue weighted by molar-refractivity contribution is 0.573. The van der Waals surface area contributed by atoms with E-state index >= 15 is 0 Å². The first kappa shape index (κ1) is 11.9. The fourth-order valence-corrected chi connectivity index (χ4v) is 2.08. The van der Waals surface area contributed by atoms with Gasteiger partial charge in [0.25, 0.3) is 0 Å². The van der Waals surface area contributed by atoms with Crippen LogP contribution in [0.5, 0.6) is 0 Å². The predicted octanol–water partition coefficient (Wildman–Crippen LogP) is 2.84. The minimum Gasteiger partial charge on any atom is -0.384 e. The lowest BCUT2D eigenvalue weighted by Gasteiger charge is -2.04. The molecule has 0 aliphatic carbocycles. The van der Waals surface area contributed by atoms with Crippen molar-refractivity contribution >= 4 is 17.6 Å². The molecule has 17 heavy (non-hydrogen) atoms. The van der Waals surface area contributed by atoms with Crippen molar-refractivity contribution in [3.05, 3.63) is 35.9 Å². The van der Waals surface area contributed by atoms with Crippen LogP contribution in [-0.2, 0) is 0 Å². The molecule has 0 fully saturated rings. The Hall–Kier alpha value is -1.56. The zero-order valence-corrected chi connectivity index (χ0v) is 9.97. The van der Waals surface area contributed by atoms with Gasteiger partial charge >= 0.3 is 0 Å². The third-order valence-corrected chi connectivity index (χ3v) is 2.93. The van der Waals surface area contributed by atoms with Gasteiger partial charge in [-0.2, -0.15) is 5.10 Å². The summed E-state index contributed by atoms with van der Waals surface area (Å²) < 4.78 is 27.6. The molecule has 0 atom stereocenters. The zero-order chi connectivity index (χ0) is 12.4. The standard InChI is InChI=1S/C11H11F2N3S/c1-2-17-11-6-10(14)16(15-11)9-4-3-7(12)5-8(9)13/h3-6H,2,14H2,1H3. The van der Waals surface area contributed by atoms with Gasteiger partial charge in [-0.05, 0) is 17.9 Å². The van der Waals surface area contributed by atoms with Gasteiger partial charge in [-0.1, -0.05) is 6.92 Å². The summed E-state index contributed by atoms with van der Waals surface area (Å²) in [6.07, 6.45) is 0. The van der Waals surface area contributed by atoms with Crippen LogP contribution in [0.2, 0.25) is 0 Å². The number of thioether (sulfide) groups is 1. The third-order valence-electron chi connectivity index (χ3n) is 2.14. The molecule has 0 amide bonds. The molecular weight excluding hydrogens is 244 g/mol. The Labute approximate surface area is 102 Å². The summed E-state index contributed by atoms with van der Waals surface area (Å²) in [6, 6.07) is 4.96. The number of aromatic nitrogens is 2. The van der Waals surface area contributed by atoms with Crippen LogP contribution in [0.4, 0.5) is 14.6 Å². The van der Waals surface area contributed by atoms with E-state index in [0.717, 1.165) is 11.8 Å². The molecule has 0 bridgehead atoms. The van der Waals surface area contributed by atoms with Crippen molar-refractivity contribution in [3.8, 4) is 5.69 Å². The van der Waals surface area contributed by atoms with Gasteiger partial charge in [0.1, 0.15) is 22.3 Å². The average molecular weight is 255 g/mol. The van der Waals surface area contributed by atoms with E-state index in [2.05, 4.69) is 5.10 Å². The van der Waals surface area contributed by atoms with Gasteiger partial charge in [0, 0.05) is 12.1 Å². The molecule has 2 N–H and O–H groups in total. The molecule has 0 spiro atoms. The van der Waals surface area contributed by atoms with Gasteiger partial charge in [0.2, 0.25) is 0 Å².